The van der Waals surface area contributed by atoms with Crippen LogP contribution in [0, 0.1) is 0 Å². The summed E-state index contributed by atoms with van der Waals surface area (Å²) in [5.74, 6) is -0.464. The second kappa shape index (κ2) is 3.04. The van der Waals surface area contributed by atoms with Gasteiger partial charge in [0, 0.05) is 0 Å². The molecule has 72 valence electrons. The summed E-state index contributed by atoms with van der Waals surface area (Å²) in [6.45, 7) is 0. The molecule has 0 unspecified atom stereocenters. The second-order valence-electron chi connectivity index (χ2n) is 2.28. The highest BCUT2D eigenvalue weighted by molar-refractivity contribution is 7.86. The molecular weight excluding hydrogens is 221 g/mol. The maximum atomic E-state index is 12.4. The molecule has 0 atom stereocenters. The first-order valence-electron chi connectivity index (χ1n) is 3.05. The van der Waals surface area contributed by atoms with Gasteiger partial charge in [-0.15, -0.1) is 3.89 Å². The molecule has 3 N–H and O–H groups in total. The number of hydrogen-bond acceptors (Lipinski definition) is 4. The van der Waals surface area contributed by atoms with Crippen molar-refractivity contribution in [2.75, 3.05) is 5.73 Å². The monoisotopic (exact) mass is 225 g/mol. The molecule has 0 radical (unpaired) electrons. The van der Waals surface area contributed by atoms with Gasteiger partial charge in [-0.2, -0.15) is 8.42 Å². The Morgan fingerprint density at radius 3 is 2.38 bits per heavy atom. The zero-order chi connectivity index (χ0) is 10.2. The Bertz CT molecular complexity index is 422. The number of nitrogens with two attached hydrogens (primary N) is 1. The minimum Gasteiger partial charge on any atom is -0.504 e. The van der Waals surface area contributed by atoms with Gasteiger partial charge in [-0.05, 0) is 12.1 Å². The van der Waals surface area contributed by atoms with Crippen molar-refractivity contribution >= 4 is 27.5 Å². The van der Waals surface area contributed by atoms with Gasteiger partial charge >= 0.3 is 10.2 Å². The first kappa shape index (κ1) is 10.1. The molecule has 4 nitrogen and oxygen atoms in total. The topological polar surface area (TPSA) is 80.4 Å². The van der Waals surface area contributed by atoms with Gasteiger partial charge in [0.25, 0.3) is 0 Å². The fourth-order valence-corrected chi connectivity index (χ4v) is 1.55. The van der Waals surface area contributed by atoms with Crippen molar-refractivity contribution < 1.29 is 17.4 Å². The SMILES string of the molecule is Nc1cc(S(=O)(=O)F)cc(Cl)c1O. The second-order valence-corrected chi connectivity index (χ2v) is 4.04. The average Bonchev–Trinajstić information content (AvgIpc) is 1.97. The van der Waals surface area contributed by atoms with Gasteiger partial charge in [0.1, 0.15) is 4.90 Å². The molecule has 7 heteroatoms. The highest BCUT2D eigenvalue weighted by atomic mass is 35.5. The molecule has 0 aliphatic carbocycles. The number of anilines is 1. The van der Waals surface area contributed by atoms with Crippen molar-refractivity contribution in [1.29, 1.82) is 0 Å². The van der Waals surface area contributed by atoms with Gasteiger partial charge in [-0.25, -0.2) is 0 Å². The van der Waals surface area contributed by atoms with Crippen molar-refractivity contribution in [1.82, 2.24) is 0 Å². The van der Waals surface area contributed by atoms with Crippen molar-refractivity contribution in [2.24, 2.45) is 0 Å². The maximum Gasteiger partial charge on any atom is 0.332 e. The van der Waals surface area contributed by atoms with Gasteiger partial charge in [0.2, 0.25) is 0 Å². The summed E-state index contributed by atoms with van der Waals surface area (Å²) in [6.07, 6.45) is 0. The van der Waals surface area contributed by atoms with Crippen LogP contribution in [0.25, 0.3) is 0 Å². The third-order valence-corrected chi connectivity index (χ3v) is 2.43. The third kappa shape index (κ3) is 2.02. The predicted molar refractivity (Wildman–Crippen MR) is 45.8 cm³/mol. The summed E-state index contributed by atoms with van der Waals surface area (Å²) < 4.78 is 33.2. The number of phenolic OH excluding ortho intramolecular Hbond substituents is 1. The van der Waals surface area contributed by atoms with E-state index < -0.39 is 20.9 Å². The minimum absolute atomic E-state index is 0.288. The van der Waals surface area contributed by atoms with E-state index in [-0.39, 0.29) is 10.7 Å². The normalized spacial score (nSPS) is 11.5. The van der Waals surface area contributed by atoms with Crippen LogP contribution in [0.5, 0.6) is 5.75 Å². The van der Waals surface area contributed by atoms with E-state index in [1.54, 1.807) is 0 Å². The van der Waals surface area contributed by atoms with E-state index in [2.05, 4.69) is 0 Å². The molecule has 0 bridgehead atoms. The average molecular weight is 226 g/mol. The molecule has 0 spiro atoms. The first-order chi connectivity index (χ1) is 5.82. The third-order valence-electron chi connectivity index (χ3n) is 1.35. The Morgan fingerprint density at radius 2 is 2.00 bits per heavy atom. The molecule has 1 aromatic rings. The van der Waals surface area contributed by atoms with Crippen LogP contribution in [-0.2, 0) is 10.2 Å². The lowest BCUT2D eigenvalue weighted by atomic mass is 10.3. The molecule has 0 heterocycles. The Balaban J connectivity index is 3.47. The fraction of sp³-hybridized carbons (Fsp3) is 0. The zero-order valence-corrected chi connectivity index (χ0v) is 7.73. The lowest BCUT2D eigenvalue weighted by molar-refractivity contribution is 0.477. The number of phenols is 1. The Morgan fingerprint density at radius 1 is 1.46 bits per heavy atom. The largest absolute Gasteiger partial charge is 0.504 e. The summed E-state index contributed by atoms with van der Waals surface area (Å²) in [4.78, 5) is -0.673. The summed E-state index contributed by atoms with van der Waals surface area (Å²) in [6, 6.07) is 1.57. The summed E-state index contributed by atoms with van der Waals surface area (Å²) >= 11 is 5.36. The smallest absolute Gasteiger partial charge is 0.332 e. The van der Waals surface area contributed by atoms with Crippen molar-refractivity contribution in [3.63, 3.8) is 0 Å². The van der Waals surface area contributed by atoms with Crippen molar-refractivity contribution in [2.45, 2.75) is 4.90 Å². The van der Waals surface area contributed by atoms with Crippen molar-refractivity contribution in [3.05, 3.63) is 17.2 Å². The van der Waals surface area contributed by atoms with Crippen LogP contribution in [0.4, 0.5) is 9.57 Å². The van der Waals surface area contributed by atoms with Crippen LogP contribution in [0.2, 0.25) is 5.02 Å². The quantitative estimate of drug-likeness (QED) is 0.429. The number of hydrogen-bond donors (Lipinski definition) is 2. The first-order valence-corrected chi connectivity index (χ1v) is 4.81. The van der Waals surface area contributed by atoms with E-state index in [9.17, 15) is 12.3 Å². The van der Waals surface area contributed by atoms with Crippen molar-refractivity contribution in [3.8, 4) is 5.75 Å². The standard InChI is InChI=1S/C6H5ClFNO3S/c7-4-1-3(13(8,11)12)2-5(9)6(4)10/h1-2,10H,9H2. The van der Waals surface area contributed by atoms with E-state index in [0.717, 1.165) is 12.1 Å². The Labute approximate surface area is 79.0 Å². The molecule has 0 aromatic heterocycles. The number of halogens is 2. The highest BCUT2D eigenvalue weighted by Crippen LogP contribution is 2.32. The van der Waals surface area contributed by atoms with E-state index in [0.29, 0.717) is 0 Å². The van der Waals surface area contributed by atoms with Crippen LogP contribution < -0.4 is 5.73 Å². The van der Waals surface area contributed by atoms with E-state index >= 15 is 0 Å². The number of nitrogen functional groups attached to an aromatic ring is 1. The zero-order valence-electron chi connectivity index (χ0n) is 6.16. The van der Waals surface area contributed by atoms with Gasteiger partial charge < -0.3 is 10.8 Å². The van der Waals surface area contributed by atoms with Crippen LogP contribution in [0.1, 0.15) is 0 Å². The van der Waals surface area contributed by atoms with Crippen LogP contribution in [0.3, 0.4) is 0 Å². The molecule has 0 fully saturated rings. The van der Waals surface area contributed by atoms with Crippen LogP contribution in [-0.4, -0.2) is 13.5 Å². The summed E-state index contributed by atoms with van der Waals surface area (Å²) in [5, 5.41) is 8.71. The summed E-state index contributed by atoms with van der Waals surface area (Å²) in [7, 11) is -4.84. The Kier molecular flexibility index (Phi) is 2.36. The lowest BCUT2D eigenvalue weighted by Gasteiger charge is -2.02. The van der Waals surface area contributed by atoms with Gasteiger partial charge in [0.15, 0.2) is 5.75 Å². The van der Waals surface area contributed by atoms with E-state index in [4.69, 9.17) is 22.4 Å². The fourth-order valence-electron chi connectivity index (χ4n) is 0.735. The molecule has 1 aromatic carbocycles. The lowest BCUT2D eigenvalue weighted by Crippen LogP contribution is -1.95. The maximum absolute atomic E-state index is 12.4. The minimum atomic E-state index is -4.84. The molecule has 13 heavy (non-hydrogen) atoms. The van der Waals surface area contributed by atoms with E-state index in [1.165, 1.54) is 0 Å². The molecule has 0 aliphatic heterocycles. The van der Waals surface area contributed by atoms with Gasteiger partial charge in [-0.3, -0.25) is 0 Å². The molecule has 0 saturated carbocycles. The molecule has 0 amide bonds. The number of aromatic hydroxyl groups is 1. The predicted octanol–water partition coefficient (Wildman–Crippen LogP) is 1.29. The highest BCUT2D eigenvalue weighted by Gasteiger charge is 2.16. The number of benzene rings is 1. The van der Waals surface area contributed by atoms with Crippen LogP contribution >= 0.6 is 11.6 Å². The summed E-state index contributed by atoms with van der Waals surface area (Å²) in [5.41, 5.74) is 4.86. The Hall–Kier alpha value is -1.01. The van der Waals surface area contributed by atoms with Crippen LogP contribution in [0.15, 0.2) is 17.0 Å². The van der Waals surface area contributed by atoms with Gasteiger partial charge in [-0.1, -0.05) is 11.6 Å². The number of rotatable bonds is 1. The molecule has 0 saturated heterocycles. The molecule has 1 rings (SSSR count). The van der Waals surface area contributed by atoms with E-state index in [1.807, 2.05) is 0 Å². The van der Waals surface area contributed by atoms with Gasteiger partial charge in [0.05, 0.1) is 10.7 Å². The molecule has 0 aliphatic rings. The molecular formula is C6H5ClFNO3S.